The lowest BCUT2D eigenvalue weighted by Crippen LogP contribution is -2.18. The minimum absolute atomic E-state index is 0.160. The molecule has 0 aliphatic heterocycles. The zero-order valence-electron chi connectivity index (χ0n) is 10.8. The molecule has 0 heterocycles. The largest absolute Gasteiger partial charge is 0.306 e. The van der Waals surface area contributed by atoms with Crippen LogP contribution < -0.4 is 5.32 Å². The van der Waals surface area contributed by atoms with E-state index in [0.29, 0.717) is 6.54 Å². The van der Waals surface area contributed by atoms with Crippen molar-refractivity contribution >= 4 is 47.8 Å². The van der Waals surface area contributed by atoms with E-state index in [1.807, 2.05) is 12.1 Å². The SMILES string of the molecule is CC(NCc1cc(F)ccc1Br)c1ccc(Br)cc1Br. The van der Waals surface area contributed by atoms with Gasteiger partial charge in [-0.3, -0.25) is 0 Å². The molecular weight excluding hydrogens is 453 g/mol. The van der Waals surface area contributed by atoms with Crippen molar-refractivity contribution in [3.63, 3.8) is 0 Å². The molecule has 1 atom stereocenters. The fourth-order valence-corrected chi connectivity index (χ4v) is 3.68. The lowest BCUT2D eigenvalue weighted by atomic mass is 10.1. The second-order valence-corrected chi connectivity index (χ2v) is 7.13. The van der Waals surface area contributed by atoms with Crippen LogP contribution in [0.25, 0.3) is 0 Å². The molecule has 0 amide bonds. The number of halogens is 4. The number of benzene rings is 2. The average Bonchev–Trinajstić information content (AvgIpc) is 2.39. The molecule has 1 nitrogen and oxygen atoms in total. The average molecular weight is 466 g/mol. The zero-order valence-corrected chi connectivity index (χ0v) is 15.5. The Labute approximate surface area is 143 Å². The van der Waals surface area contributed by atoms with Crippen molar-refractivity contribution in [1.29, 1.82) is 0 Å². The predicted molar refractivity (Wildman–Crippen MR) is 91.2 cm³/mol. The van der Waals surface area contributed by atoms with Crippen LogP contribution in [-0.2, 0) is 6.54 Å². The Kier molecular flexibility index (Phi) is 5.78. The van der Waals surface area contributed by atoms with E-state index >= 15 is 0 Å². The molecule has 1 N–H and O–H groups in total. The van der Waals surface area contributed by atoms with Crippen LogP contribution >= 0.6 is 47.8 Å². The summed E-state index contributed by atoms with van der Waals surface area (Å²) in [5, 5.41) is 3.40. The van der Waals surface area contributed by atoms with E-state index in [1.165, 1.54) is 11.6 Å². The van der Waals surface area contributed by atoms with Gasteiger partial charge < -0.3 is 5.32 Å². The third kappa shape index (κ3) is 4.13. The molecule has 0 aliphatic carbocycles. The fraction of sp³-hybridized carbons (Fsp3) is 0.200. The molecule has 2 aromatic carbocycles. The van der Waals surface area contributed by atoms with Crippen molar-refractivity contribution in [1.82, 2.24) is 5.32 Å². The Morgan fingerprint density at radius 2 is 1.80 bits per heavy atom. The molecule has 5 heteroatoms. The van der Waals surface area contributed by atoms with Crippen LogP contribution in [0.15, 0.2) is 49.8 Å². The van der Waals surface area contributed by atoms with E-state index in [0.717, 1.165) is 19.0 Å². The number of nitrogens with one attached hydrogen (secondary N) is 1. The minimum atomic E-state index is -0.220. The molecule has 2 rings (SSSR count). The molecule has 0 aromatic heterocycles. The van der Waals surface area contributed by atoms with Gasteiger partial charge in [0.1, 0.15) is 5.82 Å². The third-order valence-corrected chi connectivity index (χ3v) is 4.99. The third-order valence-electron chi connectivity index (χ3n) is 3.04. The highest BCUT2D eigenvalue weighted by molar-refractivity contribution is 9.11. The van der Waals surface area contributed by atoms with Gasteiger partial charge in [0.15, 0.2) is 0 Å². The summed E-state index contributed by atoms with van der Waals surface area (Å²) in [5.41, 5.74) is 2.07. The lowest BCUT2D eigenvalue weighted by Gasteiger charge is -2.17. The van der Waals surface area contributed by atoms with E-state index in [9.17, 15) is 4.39 Å². The molecule has 0 fully saturated rings. The van der Waals surface area contributed by atoms with Gasteiger partial charge in [0.25, 0.3) is 0 Å². The van der Waals surface area contributed by atoms with E-state index in [2.05, 4.69) is 66.1 Å². The first-order valence-electron chi connectivity index (χ1n) is 6.09. The smallest absolute Gasteiger partial charge is 0.123 e. The topological polar surface area (TPSA) is 12.0 Å². The quantitative estimate of drug-likeness (QED) is 0.587. The fourth-order valence-electron chi connectivity index (χ4n) is 1.90. The van der Waals surface area contributed by atoms with Gasteiger partial charge in [-0.2, -0.15) is 0 Å². The van der Waals surface area contributed by atoms with Crippen LogP contribution in [-0.4, -0.2) is 0 Å². The Morgan fingerprint density at radius 3 is 2.50 bits per heavy atom. The zero-order chi connectivity index (χ0) is 14.7. The molecule has 0 spiro atoms. The molecule has 106 valence electrons. The van der Waals surface area contributed by atoms with Crippen molar-refractivity contribution in [2.75, 3.05) is 0 Å². The summed E-state index contributed by atoms with van der Waals surface area (Å²) in [5.74, 6) is -0.220. The molecule has 0 saturated carbocycles. The van der Waals surface area contributed by atoms with Crippen molar-refractivity contribution in [2.45, 2.75) is 19.5 Å². The summed E-state index contributed by atoms with van der Waals surface area (Å²) in [4.78, 5) is 0. The van der Waals surface area contributed by atoms with Crippen LogP contribution in [0.4, 0.5) is 4.39 Å². The summed E-state index contributed by atoms with van der Waals surface area (Å²) in [6.45, 7) is 2.68. The number of rotatable bonds is 4. The maximum absolute atomic E-state index is 13.2. The van der Waals surface area contributed by atoms with E-state index in [4.69, 9.17) is 0 Å². The molecule has 0 radical (unpaired) electrons. The van der Waals surface area contributed by atoms with E-state index in [1.54, 1.807) is 12.1 Å². The van der Waals surface area contributed by atoms with Crippen LogP contribution in [0.5, 0.6) is 0 Å². The second-order valence-electron chi connectivity index (χ2n) is 4.50. The first-order chi connectivity index (χ1) is 9.47. The Morgan fingerprint density at radius 1 is 1.05 bits per heavy atom. The molecule has 1 unspecified atom stereocenters. The summed E-state index contributed by atoms with van der Waals surface area (Å²) in [6.07, 6.45) is 0. The van der Waals surface area contributed by atoms with Crippen molar-refractivity contribution < 1.29 is 4.39 Å². The number of hydrogen-bond acceptors (Lipinski definition) is 1. The monoisotopic (exact) mass is 463 g/mol. The van der Waals surface area contributed by atoms with Gasteiger partial charge in [-0.25, -0.2) is 4.39 Å². The van der Waals surface area contributed by atoms with Crippen LogP contribution in [0.2, 0.25) is 0 Å². The summed E-state index contributed by atoms with van der Waals surface area (Å²) in [7, 11) is 0. The molecule has 2 aromatic rings. The molecule has 0 aliphatic rings. The second kappa shape index (κ2) is 7.16. The van der Waals surface area contributed by atoms with E-state index in [-0.39, 0.29) is 11.9 Å². The van der Waals surface area contributed by atoms with Gasteiger partial charge in [-0.05, 0) is 48.4 Å². The maximum atomic E-state index is 13.2. The normalized spacial score (nSPS) is 12.4. The van der Waals surface area contributed by atoms with Gasteiger partial charge in [0.2, 0.25) is 0 Å². The van der Waals surface area contributed by atoms with Gasteiger partial charge in [-0.15, -0.1) is 0 Å². The highest BCUT2D eigenvalue weighted by Crippen LogP contribution is 2.27. The van der Waals surface area contributed by atoms with Crippen LogP contribution in [0.1, 0.15) is 24.1 Å². The first kappa shape index (κ1) is 16.1. The van der Waals surface area contributed by atoms with Crippen molar-refractivity contribution in [3.8, 4) is 0 Å². The summed E-state index contributed by atoms with van der Waals surface area (Å²) >= 11 is 10.4. The lowest BCUT2D eigenvalue weighted by molar-refractivity contribution is 0.566. The molecule has 0 bridgehead atoms. The van der Waals surface area contributed by atoms with Gasteiger partial charge in [-0.1, -0.05) is 53.9 Å². The predicted octanol–water partition coefficient (Wildman–Crippen LogP) is 5.96. The molecule has 0 saturated heterocycles. The number of hydrogen-bond donors (Lipinski definition) is 1. The highest BCUT2D eigenvalue weighted by Gasteiger charge is 2.10. The van der Waals surface area contributed by atoms with Gasteiger partial charge >= 0.3 is 0 Å². The Hall–Kier alpha value is -0.230. The molecule has 20 heavy (non-hydrogen) atoms. The highest BCUT2D eigenvalue weighted by atomic mass is 79.9. The van der Waals surface area contributed by atoms with Gasteiger partial charge in [0, 0.05) is 26.0 Å². The van der Waals surface area contributed by atoms with Crippen LogP contribution in [0, 0.1) is 5.82 Å². The van der Waals surface area contributed by atoms with Crippen molar-refractivity contribution in [2.24, 2.45) is 0 Å². The minimum Gasteiger partial charge on any atom is -0.306 e. The maximum Gasteiger partial charge on any atom is 0.123 e. The Bertz CT molecular complexity index is 616. The summed E-state index contributed by atoms with van der Waals surface area (Å²) in [6, 6.07) is 11.0. The van der Waals surface area contributed by atoms with Gasteiger partial charge in [0.05, 0.1) is 0 Å². The van der Waals surface area contributed by atoms with E-state index < -0.39 is 0 Å². The molecular formula is C15H13Br3FN. The summed E-state index contributed by atoms with van der Waals surface area (Å²) < 4.78 is 16.2. The van der Waals surface area contributed by atoms with Crippen LogP contribution in [0.3, 0.4) is 0 Å². The van der Waals surface area contributed by atoms with Crippen molar-refractivity contribution in [3.05, 3.63) is 66.8 Å². The Balaban J connectivity index is 2.08. The first-order valence-corrected chi connectivity index (χ1v) is 8.47. The standard InChI is InChI=1S/C15H13Br3FN/c1-9(13-4-2-11(16)7-15(13)18)20-8-10-6-12(19)3-5-14(10)17/h2-7,9,20H,8H2,1H3.